The number of thiophene rings is 1. The third-order valence-electron chi connectivity index (χ3n) is 3.37. The van der Waals surface area contributed by atoms with Crippen molar-refractivity contribution in [3.63, 3.8) is 0 Å². The highest BCUT2D eigenvalue weighted by atomic mass is 32.1. The first-order chi connectivity index (χ1) is 10.5. The van der Waals surface area contributed by atoms with Crippen molar-refractivity contribution in [3.05, 3.63) is 62.3 Å². The second kappa shape index (κ2) is 7.17. The standard InChI is InChI=1S/C16H18N2O3S/c1-11(2)16(14-8-5-9-22-14)17-15(19)10-12-6-3-4-7-13(12)18(20)21/h3-9,11,16H,10H2,1-2H3,(H,17,19). The normalized spacial score (nSPS) is 12.1. The smallest absolute Gasteiger partial charge is 0.273 e. The molecule has 5 nitrogen and oxygen atoms in total. The van der Waals surface area contributed by atoms with Gasteiger partial charge in [0.1, 0.15) is 0 Å². The van der Waals surface area contributed by atoms with Gasteiger partial charge in [-0.25, -0.2) is 0 Å². The minimum atomic E-state index is -0.457. The molecule has 6 heteroatoms. The van der Waals surface area contributed by atoms with Crippen molar-refractivity contribution in [1.29, 1.82) is 0 Å². The summed E-state index contributed by atoms with van der Waals surface area (Å²) in [6.45, 7) is 4.07. The molecular formula is C16H18N2O3S. The molecule has 116 valence electrons. The maximum absolute atomic E-state index is 12.3. The van der Waals surface area contributed by atoms with Crippen LogP contribution in [0.5, 0.6) is 0 Å². The second-order valence-electron chi connectivity index (χ2n) is 5.37. The predicted molar refractivity (Wildman–Crippen MR) is 86.8 cm³/mol. The van der Waals surface area contributed by atoms with Gasteiger partial charge in [-0.2, -0.15) is 0 Å². The molecule has 0 aliphatic carbocycles. The Morgan fingerprint density at radius 3 is 2.59 bits per heavy atom. The summed E-state index contributed by atoms with van der Waals surface area (Å²) in [5.74, 6) is 0.0368. The summed E-state index contributed by atoms with van der Waals surface area (Å²) in [4.78, 5) is 23.9. The fourth-order valence-corrected chi connectivity index (χ4v) is 3.22. The van der Waals surface area contributed by atoms with Gasteiger partial charge in [0.05, 0.1) is 17.4 Å². The first-order valence-corrected chi connectivity index (χ1v) is 7.92. The lowest BCUT2D eigenvalue weighted by atomic mass is 10.0. The Morgan fingerprint density at radius 2 is 2.00 bits per heavy atom. The van der Waals surface area contributed by atoms with Gasteiger partial charge in [0.15, 0.2) is 0 Å². The highest BCUT2D eigenvalue weighted by Crippen LogP contribution is 2.26. The molecule has 0 spiro atoms. The third kappa shape index (κ3) is 3.92. The molecule has 0 bridgehead atoms. The molecule has 0 fully saturated rings. The Morgan fingerprint density at radius 1 is 1.27 bits per heavy atom. The Bertz CT molecular complexity index is 653. The lowest BCUT2D eigenvalue weighted by Gasteiger charge is -2.21. The number of benzene rings is 1. The summed E-state index contributed by atoms with van der Waals surface area (Å²) in [6.07, 6.45) is 0.00570. The third-order valence-corrected chi connectivity index (χ3v) is 4.33. The van der Waals surface area contributed by atoms with Gasteiger partial charge in [0.25, 0.3) is 5.69 Å². The zero-order chi connectivity index (χ0) is 16.1. The van der Waals surface area contributed by atoms with E-state index < -0.39 is 4.92 Å². The van der Waals surface area contributed by atoms with Crippen molar-refractivity contribution in [3.8, 4) is 0 Å². The van der Waals surface area contributed by atoms with Crippen molar-refractivity contribution in [2.24, 2.45) is 5.92 Å². The van der Waals surface area contributed by atoms with E-state index in [0.717, 1.165) is 4.88 Å². The SMILES string of the molecule is CC(C)C(NC(=O)Cc1ccccc1[N+](=O)[O-])c1cccs1. The van der Waals surface area contributed by atoms with E-state index in [2.05, 4.69) is 5.32 Å². The Balaban J connectivity index is 2.11. The summed E-state index contributed by atoms with van der Waals surface area (Å²) in [5, 5.41) is 15.9. The summed E-state index contributed by atoms with van der Waals surface area (Å²) in [5.41, 5.74) is 0.411. The lowest BCUT2D eigenvalue weighted by Crippen LogP contribution is -2.32. The van der Waals surface area contributed by atoms with E-state index in [0.29, 0.717) is 5.56 Å². The molecule has 1 N–H and O–H groups in total. The number of carbonyl (C=O) groups excluding carboxylic acids is 1. The van der Waals surface area contributed by atoms with Crippen molar-refractivity contribution in [2.45, 2.75) is 26.3 Å². The molecule has 1 aromatic heterocycles. The molecule has 0 saturated heterocycles. The first-order valence-electron chi connectivity index (χ1n) is 7.04. The number of nitrogens with zero attached hydrogens (tertiary/aromatic N) is 1. The average Bonchev–Trinajstić information content (AvgIpc) is 2.98. The Kier molecular flexibility index (Phi) is 5.27. The van der Waals surface area contributed by atoms with Gasteiger partial charge in [-0.1, -0.05) is 38.1 Å². The molecule has 0 saturated carbocycles. The second-order valence-corrected chi connectivity index (χ2v) is 6.35. The molecule has 1 unspecified atom stereocenters. The van der Waals surface area contributed by atoms with E-state index >= 15 is 0 Å². The molecule has 0 radical (unpaired) electrons. The van der Waals surface area contributed by atoms with Crippen LogP contribution in [0.15, 0.2) is 41.8 Å². The zero-order valence-electron chi connectivity index (χ0n) is 12.5. The zero-order valence-corrected chi connectivity index (χ0v) is 13.3. The van der Waals surface area contributed by atoms with Crippen molar-refractivity contribution in [1.82, 2.24) is 5.32 Å². The Hall–Kier alpha value is -2.21. The van der Waals surface area contributed by atoms with Crippen LogP contribution >= 0.6 is 11.3 Å². The fourth-order valence-electron chi connectivity index (χ4n) is 2.27. The minimum absolute atomic E-state index is 0.00570. The van der Waals surface area contributed by atoms with E-state index in [9.17, 15) is 14.9 Å². The molecule has 0 aliphatic heterocycles. The number of hydrogen-bond donors (Lipinski definition) is 1. The van der Waals surface area contributed by atoms with E-state index in [1.54, 1.807) is 29.5 Å². The van der Waals surface area contributed by atoms with E-state index in [1.807, 2.05) is 31.4 Å². The van der Waals surface area contributed by atoms with Gasteiger partial charge in [0, 0.05) is 16.5 Å². The summed E-state index contributed by atoms with van der Waals surface area (Å²) >= 11 is 1.59. The van der Waals surface area contributed by atoms with Crippen LogP contribution in [0.3, 0.4) is 0 Å². The highest BCUT2D eigenvalue weighted by Gasteiger charge is 2.21. The average molecular weight is 318 g/mol. The van der Waals surface area contributed by atoms with Crippen LogP contribution in [0.2, 0.25) is 0 Å². The van der Waals surface area contributed by atoms with Gasteiger partial charge >= 0.3 is 0 Å². The molecule has 1 amide bonds. The van der Waals surface area contributed by atoms with Gasteiger partial charge in [-0.05, 0) is 17.4 Å². The van der Waals surface area contributed by atoms with Crippen LogP contribution < -0.4 is 5.32 Å². The largest absolute Gasteiger partial charge is 0.348 e. The molecule has 0 aliphatic rings. The van der Waals surface area contributed by atoms with Gasteiger partial charge in [-0.15, -0.1) is 11.3 Å². The number of amides is 1. The number of rotatable bonds is 6. The van der Waals surface area contributed by atoms with Crippen molar-refractivity contribution >= 4 is 22.9 Å². The van der Waals surface area contributed by atoms with Crippen LogP contribution in [0.25, 0.3) is 0 Å². The summed E-state index contributed by atoms with van der Waals surface area (Å²) in [6, 6.07) is 10.2. The molecule has 1 heterocycles. The molecule has 1 atom stereocenters. The summed E-state index contributed by atoms with van der Waals surface area (Å²) < 4.78 is 0. The number of hydrogen-bond acceptors (Lipinski definition) is 4. The van der Waals surface area contributed by atoms with Gasteiger partial charge in [-0.3, -0.25) is 14.9 Å². The lowest BCUT2D eigenvalue weighted by molar-refractivity contribution is -0.385. The van der Waals surface area contributed by atoms with Crippen LogP contribution in [-0.4, -0.2) is 10.8 Å². The first kappa shape index (κ1) is 16.2. The van der Waals surface area contributed by atoms with Gasteiger partial charge in [0.2, 0.25) is 5.91 Å². The topological polar surface area (TPSA) is 72.2 Å². The van der Waals surface area contributed by atoms with Crippen LogP contribution in [0.1, 0.15) is 30.3 Å². The quantitative estimate of drug-likeness (QED) is 0.652. The van der Waals surface area contributed by atoms with Crippen molar-refractivity contribution in [2.75, 3.05) is 0 Å². The van der Waals surface area contributed by atoms with E-state index in [1.165, 1.54) is 6.07 Å². The minimum Gasteiger partial charge on any atom is -0.348 e. The van der Waals surface area contributed by atoms with E-state index in [4.69, 9.17) is 0 Å². The van der Waals surface area contributed by atoms with Crippen LogP contribution in [0, 0.1) is 16.0 Å². The molecule has 1 aromatic carbocycles. The fraction of sp³-hybridized carbons (Fsp3) is 0.312. The summed E-state index contributed by atoms with van der Waals surface area (Å²) in [7, 11) is 0. The number of nitrogens with one attached hydrogen (secondary N) is 1. The molecule has 22 heavy (non-hydrogen) atoms. The maximum atomic E-state index is 12.3. The van der Waals surface area contributed by atoms with Crippen molar-refractivity contribution < 1.29 is 9.72 Å². The maximum Gasteiger partial charge on any atom is 0.273 e. The van der Waals surface area contributed by atoms with Crippen LogP contribution in [0.4, 0.5) is 5.69 Å². The van der Waals surface area contributed by atoms with Crippen LogP contribution in [-0.2, 0) is 11.2 Å². The number of nitro groups is 1. The Labute approximate surface area is 133 Å². The monoisotopic (exact) mass is 318 g/mol. The molecule has 2 aromatic rings. The molecular weight excluding hydrogens is 300 g/mol. The van der Waals surface area contributed by atoms with E-state index in [-0.39, 0.29) is 30.0 Å². The van der Waals surface area contributed by atoms with Gasteiger partial charge < -0.3 is 5.32 Å². The number of carbonyl (C=O) groups is 1. The number of nitro benzene ring substituents is 1. The highest BCUT2D eigenvalue weighted by molar-refractivity contribution is 7.10. The number of para-hydroxylation sites is 1. The molecule has 2 rings (SSSR count). The predicted octanol–water partition coefficient (Wildman–Crippen LogP) is 3.71.